The zero-order valence-electron chi connectivity index (χ0n) is 7.24. The molecule has 2 aromatic rings. The van der Waals surface area contributed by atoms with Gasteiger partial charge in [0.15, 0.2) is 0 Å². The first kappa shape index (κ1) is 8.68. The van der Waals surface area contributed by atoms with Crippen molar-refractivity contribution in [3.8, 4) is 0 Å². The van der Waals surface area contributed by atoms with Gasteiger partial charge in [-0.15, -0.1) is 5.10 Å². The standard InChI is InChI=1S/C9H7BrClN3/c10-6-3-9-8(4-7(6)11)12-13-14(9)5-1-2-5/h3-5H,1-2H2. The number of aromatic nitrogens is 3. The lowest BCUT2D eigenvalue weighted by Crippen LogP contribution is -1.95. The average Bonchev–Trinajstić information content (AvgIpc) is 2.91. The SMILES string of the molecule is Clc1cc2nnn(C3CC3)c2cc1Br. The van der Waals surface area contributed by atoms with Crippen LogP contribution in [0.5, 0.6) is 0 Å². The Morgan fingerprint density at radius 1 is 1.43 bits per heavy atom. The Hall–Kier alpha value is -0.610. The van der Waals surface area contributed by atoms with Gasteiger partial charge >= 0.3 is 0 Å². The molecule has 0 aliphatic heterocycles. The van der Waals surface area contributed by atoms with Crippen molar-refractivity contribution in [2.75, 3.05) is 0 Å². The van der Waals surface area contributed by atoms with Crippen molar-refractivity contribution in [3.63, 3.8) is 0 Å². The molecule has 0 amide bonds. The van der Waals surface area contributed by atoms with Crippen molar-refractivity contribution in [2.24, 2.45) is 0 Å². The Morgan fingerprint density at radius 2 is 2.21 bits per heavy atom. The minimum Gasteiger partial charge on any atom is -0.242 e. The number of benzene rings is 1. The molecule has 1 saturated carbocycles. The summed E-state index contributed by atoms with van der Waals surface area (Å²) < 4.78 is 2.88. The van der Waals surface area contributed by atoms with Crippen molar-refractivity contribution >= 4 is 38.6 Å². The third-order valence-corrected chi connectivity index (χ3v) is 3.60. The summed E-state index contributed by atoms with van der Waals surface area (Å²) in [5.74, 6) is 0. The molecular weight excluding hydrogens is 265 g/mol. The zero-order chi connectivity index (χ0) is 9.71. The Kier molecular flexibility index (Phi) is 1.82. The summed E-state index contributed by atoms with van der Waals surface area (Å²) in [4.78, 5) is 0. The molecule has 0 N–H and O–H groups in total. The lowest BCUT2D eigenvalue weighted by Gasteiger charge is -1.99. The highest BCUT2D eigenvalue weighted by molar-refractivity contribution is 9.10. The number of hydrogen-bond donors (Lipinski definition) is 0. The maximum atomic E-state index is 5.97. The van der Waals surface area contributed by atoms with Gasteiger partial charge in [-0.25, -0.2) is 4.68 Å². The van der Waals surface area contributed by atoms with E-state index in [0.717, 1.165) is 15.5 Å². The topological polar surface area (TPSA) is 30.7 Å². The summed E-state index contributed by atoms with van der Waals surface area (Å²) in [5, 5.41) is 8.90. The van der Waals surface area contributed by atoms with Crippen molar-refractivity contribution < 1.29 is 0 Å². The lowest BCUT2D eigenvalue weighted by molar-refractivity contribution is 0.630. The molecule has 0 atom stereocenters. The van der Waals surface area contributed by atoms with Gasteiger partial charge in [-0.3, -0.25) is 0 Å². The van der Waals surface area contributed by atoms with Crippen LogP contribution in [0, 0.1) is 0 Å². The summed E-state index contributed by atoms with van der Waals surface area (Å²) in [5.41, 5.74) is 1.92. The lowest BCUT2D eigenvalue weighted by atomic mass is 10.3. The second-order valence-corrected chi connectivity index (χ2v) is 4.78. The molecule has 3 rings (SSSR count). The molecule has 0 saturated heterocycles. The van der Waals surface area contributed by atoms with Crippen LogP contribution in [0.25, 0.3) is 11.0 Å². The highest BCUT2D eigenvalue weighted by atomic mass is 79.9. The van der Waals surface area contributed by atoms with E-state index in [2.05, 4.69) is 26.2 Å². The van der Waals surface area contributed by atoms with Crippen LogP contribution in [0.1, 0.15) is 18.9 Å². The maximum Gasteiger partial charge on any atom is 0.114 e. The molecule has 72 valence electrons. The minimum absolute atomic E-state index is 0.549. The molecule has 1 heterocycles. The summed E-state index contributed by atoms with van der Waals surface area (Å²) in [6.07, 6.45) is 2.41. The monoisotopic (exact) mass is 271 g/mol. The Morgan fingerprint density at radius 3 is 2.93 bits per heavy atom. The highest BCUT2D eigenvalue weighted by Crippen LogP contribution is 2.37. The molecule has 0 spiro atoms. The second-order valence-electron chi connectivity index (χ2n) is 3.52. The number of halogens is 2. The average molecular weight is 273 g/mol. The number of rotatable bonds is 1. The molecule has 0 bridgehead atoms. The molecular formula is C9H7BrClN3. The van der Waals surface area contributed by atoms with E-state index < -0.39 is 0 Å². The van der Waals surface area contributed by atoms with E-state index in [0.29, 0.717) is 11.1 Å². The minimum atomic E-state index is 0.549. The molecule has 1 aromatic heterocycles. The predicted octanol–water partition coefficient (Wildman–Crippen LogP) is 3.18. The van der Waals surface area contributed by atoms with E-state index in [1.54, 1.807) is 0 Å². The van der Waals surface area contributed by atoms with Crippen LogP contribution >= 0.6 is 27.5 Å². The Bertz CT molecular complexity index is 504. The van der Waals surface area contributed by atoms with Gasteiger partial charge in [0, 0.05) is 4.47 Å². The molecule has 1 aromatic carbocycles. The molecule has 1 aliphatic carbocycles. The van der Waals surface area contributed by atoms with Crippen molar-refractivity contribution in [1.82, 2.24) is 15.0 Å². The molecule has 14 heavy (non-hydrogen) atoms. The number of hydrogen-bond acceptors (Lipinski definition) is 2. The van der Waals surface area contributed by atoms with Crippen molar-refractivity contribution in [2.45, 2.75) is 18.9 Å². The van der Waals surface area contributed by atoms with Crippen LogP contribution in [0.2, 0.25) is 5.02 Å². The Labute approximate surface area is 94.2 Å². The first-order valence-electron chi connectivity index (χ1n) is 4.45. The Balaban J connectivity index is 2.29. The van der Waals surface area contributed by atoms with Crippen LogP contribution in [0.3, 0.4) is 0 Å². The van der Waals surface area contributed by atoms with Crippen LogP contribution in [-0.4, -0.2) is 15.0 Å². The van der Waals surface area contributed by atoms with Crippen LogP contribution in [0.15, 0.2) is 16.6 Å². The molecule has 1 aliphatic rings. The van der Waals surface area contributed by atoms with Crippen molar-refractivity contribution in [3.05, 3.63) is 21.6 Å². The summed E-state index contributed by atoms with van der Waals surface area (Å²) in [7, 11) is 0. The maximum absolute atomic E-state index is 5.97. The highest BCUT2D eigenvalue weighted by Gasteiger charge is 2.26. The molecule has 5 heteroatoms. The normalized spacial score (nSPS) is 16.4. The quantitative estimate of drug-likeness (QED) is 0.798. The first-order valence-corrected chi connectivity index (χ1v) is 5.63. The van der Waals surface area contributed by atoms with E-state index in [1.807, 2.05) is 16.8 Å². The van der Waals surface area contributed by atoms with E-state index in [4.69, 9.17) is 11.6 Å². The summed E-state index contributed by atoms with van der Waals surface area (Å²) in [6, 6.07) is 4.37. The molecule has 0 radical (unpaired) electrons. The second kappa shape index (κ2) is 2.94. The van der Waals surface area contributed by atoms with Crippen LogP contribution in [0.4, 0.5) is 0 Å². The number of nitrogens with zero attached hydrogens (tertiary/aromatic N) is 3. The summed E-state index contributed by atoms with van der Waals surface area (Å²) >= 11 is 9.37. The van der Waals surface area contributed by atoms with Gasteiger partial charge in [0.05, 0.1) is 16.6 Å². The fourth-order valence-electron chi connectivity index (χ4n) is 1.52. The van der Waals surface area contributed by atoms with Crippen LogP contribution < -0.4 is 0 Å². The third-order valence-electron chi connectivity index (χ3n) is 2.41. The van der Waals surface area contributed by atoms with Crippen LogP contribution in [-0.2, 0) is 0 Å². The van der Waals surface area contributed by atoms with Gasteiger partial charge in [-0.2, -0.15) is 0 Å². The van der Waals surface area contributed by atoms with E-state index in [9.17, 15) is 0 Å². The van der Waals surface area contributed by atoms with Gasteiger partial charge < -0.3 is 0 Å². The number of fused-ring (bicyclic) bond motifs is 1. The third kappa shape index (κ3) is 1.25. The van der Waals surface area contributed by atoms with E-state index in [1.165, 1.54) is 12.8 Å². The van der Waals surface area contributed by atoms with Gasteiger partial charge in [0.2, 0.25) is 0 Å². The molecule has 0 unspecified atom stereocenters. The van der Waals surface area contributed by atoms with Gasteiger partial charge in [-0.1, -0.05) is 16.8 Å². The van der Waals surface area contributed by atoms with Gasteiger partial charge in [-0.05, 0) is 40.9 Å². The zero-order valence-corrected chi connectivity index (χ0v) is 9.59. The smallest absolute Gasteiger partial charge is 0.114 e. The van der Waals surface area contributed by atoms with Gasteiger partial charge in [0.25, 0.3) is 0 Å². The van der Waals surface area contributed by atoms with Gasteiger partial charge in [0.1, 0.15) is 5.52 Å². The van der Waals surface area contributed by atoms with E-state index >= 15 is 0 Å². The molecule has 3 nitrogen and oxygen atoms in total. The predicted molar refractivity (Wildman–Crippen MR) is 58.5 cm³/mol. The summed E-state index contributed by atoms with van der Waals surface area (Å²) in [6.45, 7) is 0. The molecule has 1 fully saturated rings. The first-order chi connectivity index (χ1) is 6.75. The largest absolute Gasteiger partial charge is 0.242 e. The fourth-order valence-corrected chi connectivity index (χ4v) is 2.01. The fraction of sp³-hybridized carbons (Fsp3) is 0.333. The van der Waals surface area contributed by atoms with E-state index in [-0.39, 0.29) is 0 Å². The van der Waals surface area contributed by atoms with Crippen molar-refractivity contribution in [1.29, 1.82) is 0 Å².